The van der Waals surface area contributed by atoms with Crippen molar-refractivity contribution in [2.75, 3.05) is 13.6 Å². The number of hydrogen-bond donors (Lipinski definition) is 4. The second-order valence-electron chi connectivity index (χ2n) is 2.92. The van der Waals surface area contributed by atoms with Gasteiger partial charge in [-0.3, -0.25) is 9.89 Å². The monoisotopic (exact) mass is 262 g/mol. The van der Waals surface area contributed by atoms with Crippen LogP contribution in [0.5, 0.6) is 0 Å². The molecule has 0 fully saturated rings. The molecule has 94 valence electrons. The van der Waals surface area contributed by atoms with E-state index >= 15 is 0 Å². The second kappa shape index (κ2) is 4.93. The lowest BCUT2D eigenvalue weighted by molar-refractivity contribution is -0.119. The summed E-state index contributed by atoms with van der Waals surface area (Å²) in [4.78, 5) is 21.6. The standard InChI is InChI=1S/C7H10N4O5S/c1-8-5(12)3-10-17(15,16)6-4(7(13)14)2-9-11-6/h2,10H,3H2,1H3,(H,8,12)(H,9,11)(H,13,14). The molecule has 0 aliphatic heterocycles. The minimum absolute atomic E-state index is 0.489. The maximum absolute atomic E-state index is 11.6. The first kappa shape index (κ1) is 13.1. The van der Waals surface area contributed by atoms with E-state index in [1.807, 2.05) is 4.72 Å². The Morgan fingerprint density at radius 2 is 2.18 bits per heavy atom. The van der Waals surface area contributed by atoms with Crippen LogP contribution in [0.4, 0.5) is 0 Å². The number of hydrogen-bond acceptors (Lipinski definition) is 5. The minimum Gasteiger partial charge on any atom is -0.478 e. The highest BCUT2D eigenvalue weighted by Crippen LogP contribution is 2.10. The van der Waals surface area contributed by atoms with Gasteiger partial charge in [0.1, 0.15) is 5.56 Å². The summed E-state index contributed by atoms with van der Waals surface area (Å²) < 4.78 is 25.2. The molecule has 0 aliphatic rings. The summed E-state index contributed by atoms with van der Waals surface area (Å²) in [7, 11) is -2.76. The van der Waals surface area contributed by atoms with Gasteiger partial charge in [0.2, 0.25) is 5.91 Å². The number of H-pyrrole nitrogens is 1. The van der Waals surface area contributed by atoms with E-state index in [4.69, 9.17) is 5.11 Å². The fourth-order valence-corrected chi connectivity index (χ4v) is 2.02. The lowest BCUT2D eigenvalue weighted by Gasteiger charge is -2.04. The SMILES string of the molecule is CNC(=O)CNS(=O)(=O)c1[nH]ncc1C(=O)O. The van der Waals surface area contributed by atoms with Crippen LogP contribution < -0.4 is 10.0 Å². The third-order valence-electron chi connectivity index (χ3n) is 1.81. The lowest BCUT2D eigenvalue weighted by atomic mass is 10.4. The Morgan fingerprint density at radius 1 is 1.53 bits per heavy atom. The van der Waals surface area contributed by atoms with Crippen molar-refractivity contribution in [3.05, 3.63) is 11.8 Å². The van der Waals surface area contributed by atoms with E-state index < -0.39 is 39.0 Å². The molecule has 0 radical (unpaired) electrons. The Bertz CT molecular complexity index is 534. The van der Waals surface area contributed by atoms with Crippen molar-refractivity contribution in [2.45, 2.75) is 5.03 Å². The van der Waals surface area contributed by atoms with E-state index in [2.05, 4.69) is 15.5 Å². The molecule has 1 amide bonds. The molecule has 0 atom stereocenters. The van der Waals surface area contributed by atoms with E-state index in [9.17, 15) is 18.0 Å². The van der Waals surface area contributed by atoms with Crippen LogP contribution in [0.2, 0.25) is 0 Å². The third-order valence-corrected chi connectivity index (χ3v) is 3.18. The van der Waals surface area contributed by atoms with Crippen LogP contribution in [0.1, 0.15) is 10.4 Å². The van der Waals surface area contributed by atoms with Gasteiger partial charge in [-0.15, -0.1) is 0 Å². The van der Waals surface area contributed by atoms with Crippen molar-refractivity contribution in [1.82, 2.24) is 20.2 Å². The number of carbonyl (C=O) groups excluding carboxylic acids is 1. The first-order chi connectivity index (χ1) is 7.88. The Morgan fingerprint density at radius 3 is 2.71 bits per heavy atom. The number of aromatic amines is 1. The summed E-state index contributed by atoms with van der Waals surface area (Å²) in [6.07, 6.45) is 0.872. The Labute approximate surface area is 96.3 Å². The predicted molar refractivity (Wildman–Crippen MR) is 54.8 cm³/mol. The smallest absolute Gasteiger partial charge is 0.340 e. The van der Waals surface area contributed by atoms with Gasteiger partial charge in [-0.1, -0.05) is 0 Å². The first-order valence-electron chi connectivity index (χ1n) is 4.35. The summed E-state index contributed by atoms with van der Waals surface area (Å²) in [6.45, 7) is -0.489. The van der Waals surface area contributed by atoms with Crippen LogP contribution in [-0.2, 0) is 14.8 Å². The molecule has 0 saturated heterocycles. The molecule has 0 saturated carbocycles. The number of aromatic carboxylic acids is 1. The van der Waals surface area contributed by atoms with Gasteiger partial charge in [-0.2, -0.15) is 5.10 Å². The summed E-state index contributed by atoms with van der Waals surface area (Å²) >= 11 is 0. The Balaban J connectivity index is 2.94. The number of carboxylic acids is 1. The Hall–Kier alpha value is -1.94. The predicted octanol–water partition coefficient (Wildman–Crippen LogP) is -1.87. The average Bonchev–Trinajstić information content (AvgIpc) is 2.75. The number of likely N-dealkylation sites (N-methyl/N-ethyl adjacent to an activating group) is 1. The van der Waals surface area contributed by atoms with Gasteiger partial charge < -0.3 is 10.4 Å². The second-order valence-corrected chi connectivity index (χ2v) is 4.62. The highest BCUT2D eigenvalue weighted by atomic mass is 32.2. The van der Waals surface area contributed by atoms with Crippen molar-refractivity contribution < 1.29 is 23.1 Å². The molecule has 0 aliphatic carbocycles. The van der Waals surface area contributed by atoms with Gasteiger partial charge in [0.05, 0.1) is 12.7 Å². The zero-order chi connectivity index (χ0) is 13.1. The summed E-state index contributed by atoms with van der Waals surface area (Å²) in [5, 5.41) is 15.7. The van der Waals surface area contributed by atoms with Crippen molar-refractivity contribution in [3.8, 4) is 0 Å². The molecule has 10 heteroatoms. The maximum Gasteiger partial charge on any atom is 0.340 e. The number of carbonyl (C=O) groups is 2. The zero-order valence-electron chi connectivity index (χ0n) is 8.72. The molecule has 0 aromatic carbocycles. The Kier molecular flexibility index (Phi) is 3.81. The zero-order valence-corrected chi connectivity index (χ0v) is 9.54. The fraction of sp³-hybridized carbons (Fsp3) is 0.286. The summed E-state index contributed by atoms with van der Waals surface area (Å²) in [5.41, 5.74) is -0.491. The molecule has 1 rings (SSSR count). The topological polar surface area (TPSA) is 141 Å². The van der Waals surface area contributed by atoms with Crippen molar-refractivity contribution in [3.63, 3.8) is 0 Å². The first-order valence-corrected chi connectivity index (χ1v) is 5.83. The molecular weight excluding hydrogens is 252 g/mol. The van der Waals surface area contributed by atoms with Gasteiger partial charge in [0.15, 0.2) is 5.03 Å². The van der Waals surface area contributed by atoms with Crippen LogP contribution in [0, 0.1) is 0 Å². The molecule has 0 unspecified atom stereocenters. The molecule has 17 heavy (non-hydrogen) atoms. The summed E-state index contributed by atoms with van der Waals surface area (Å²) in [6, 6.07) is 0. The van der Waals surface area contributed by atoms with E-state index in [0.29, 0.717) is 0 Å². The molecule has 1 heterocycles. The highest BCUT2D eigenvalue weighted by molar-refractivity contribution is 7.89. The highest BCUT2D eigenvalue weighted by Gasteiger charge is 2.24. The van der Waals surface area contributed by atoms with Gasteiger partial charge in [0.25, 0.3) is 10.0 Å². The normalized spacial score (nSPS) is 11.1. The third kappa shape index (κ3) is 3.01. The van der Waals surface area contributed by atoms with E-state index in [1.165, 1.54) is 7.05 Å². The van der Waals surface area contributed by atoms with Gasteiger partial charge in [-0.05, 0) is 0 Å². The fourth-order valence-electron chi connectivity index (χ4n) is 0.953. The van der Waals surface area contributed by atoms with Crippen molar-refractivity contribution in [1.29, 1.82) is 0 Å². The van der Waals surface area contributed by atoms with E-state index in [0.717, 1.165) is 6.20 Å². The van der Waals surface area contributed by atoms with Crippen LogP contribution in [0.25, 0.3) is 0 Å². The van der Waals surface area contributed by atoms with Crippen LogP contribution in [0.15, 0.2) is 11.2 Å². The number of nitrogens with one attached hydrogen (secondary N) is 3. The quantitative estimate of drug-likeness (QED) is 0.490. The van der Waals surface area contributed by atoms with Crippen molar-refractivity contribution >= 4 is 21.9 Å². The molecular formula is C7H10N4O5S. The van der Waals surface area contributed by atoms with Crippen LogP contribution >= 0.6 is 0 Å². The van der Waals surface area contributed by atoms with Gasteiger partial charge in [0, 0.05) is 7.05 Å². The average molecular weight is 262 g/mol. The maximum atomic E-state index is 11.6. The number of aromatic nitrogens is 2. The number of sulfonamides is 1. The lowest BCUT2D eigenvalue weighted by Crippen LogP contribution is -2.35. The molecule has 4 N–H and O–H groups in total. The number of amides is 1. The molecule has 0 bridgehead atoms. The molecule has 1 aromatic heterocycles. The van der Waals surface area contributed by atoms with Gasteiger partial charge in [-0.25, -0.2) is 17.9 Å². The number of nitrogens with zero attached hydrogens (tertiary/aromatic N) is 1. The van der Waals surface area contributed by atoms with Crippen LogP contribution in [0.3, 0.4) is 0 Å². The van der Waals surface area contributed by atoms with Crippen LogP contribution in [-0.4, -0.2) is 49.2 Å². The number of carboxylic acid groups (broad SMARTS) is 1. The van der Waals surface area contributed by atoms with E-state index in [-0.39, 0.29) is 0 Å². The number of rotatable bonds is 5. The van der Waals surface area contributed by atoms with Gasteiger partial charge >= 0.3 is 5.97 Å². The molecule has 1 aromatic rings. The van der Waals surface area contributed by atoms with Crippen molar-refractivity contribution in [2.24, 2.45) is 0 Å². The minimum atomic E-state index is -4.11. The van der Waals surface area contributed by atoms with E-state index in [1.54, 1.807) is 0 Å². The summed E-state index contributed by atoms with van der Waals surface area (Å²) in [5.74, 6) is -1.98. The molecule has 0 spiro atoms. The molecule has 9 nitrogen and oxygen atoms in total. The largest absolute Gasteiger partial charge is 0.478 e.